The van der Waals surface area contributed by atoms with Crippen LogP contribution in [0.5, 0.6) is 0 Å². The van der Waals surface area contributed by atoms with Crippen molar-refractivity contribution >= 4 is 33.3 Å². The number of hydrogen-bond donors (Lipinski definition) is 2. The van der Waals surface area contributed by atoms with Crippen LogP contribution in [0.25, 0.3) is 0 Å². The predicted molar refractivity (Wildman–Crippen MR) is 73.7 cm³/mol. The molecule has 4 nitrogen and oxygen atoms in total. The molecule has 0 aliphatic rings. The van der Waals surface area contributed by atoms with Crippen molar-refractivity contribution in [2.24, 2.45) is 0 Å². The molecule has 0 unspecified atom stereocenters. The average molecular weight is 311 g/mol. The minimum atomic E-state index is -0.251. The van der Waals surface area contributed by atoms with E-state index in [9.17, 15) is 4.39 Å². The summed E-state index contributed by atoms with van der Waals surface area (Å²) in [6.07, 6.45) is 1.43. The van der Waals surface area contributed by atoms with E-state index in [1.54, 1.807) is 26.1 Å². The lowest BCUT2D eigenvalue weighted by Crippen LogP contribution is -2.00. The molecule has 2 aromatic rings. The smallest absolute Gasteiger partial charge is 0.150 e. The summed E-state index contributed by atoms with van der Waals surface area (Å²) in [6.45, 7) is 1.72. The maximum atomic E-state index is 13.4. The molecule has 0 aliphatic heterocycles. The van der Waals surface area contributed by atoms with Gasteiger partial charge in [-0.2, -0.15) is 0 Å². The molecule has 0 atom stereocenters. The van der Waals surface area contributed by atoms with Gasteiger partial charge in [-0.3, -0.25) is 0 Å². The van der Waals surface area contributed by atoms with Crippen LogP contribution in [0.2, 0.25) is 0 Å². The molecule has 1 aromatic carbocycles. The number of benzene rings is 1. The number of nitrogens with one attached hydrogen (secondary N) is 2. The van der Waals surface area contributed by atoms with Gasteiger partial charge in [0, 0.05) is 12.7 Å². The fraction of sp³-hybridized carbons (Fsp3) is 0.167. The van der Waals surface area contributed by atoms with E-state index < -0.39 is 0 Å². The first kappa shape index (κ1) is 12.8. The number of rotatable bonds is 3. The molecule has 1 aromatic heterocycles. The second kappa shape index (κ2) is 5.30. The Labute approximate surface area is 113 Å². The number of anilines is 3. The minimum Gasteiger partial charge on any atom is -0.372 e. The second-order valence-electron chi connectivity index (χ2n) is 3.72. The zero-order valence-corrected chi connectivity index (χ0v) is 11.5. The van der Waals surface area contributed by atoms with Crippen molar-refractivity contribution in [2.75, 3.05) is 17.7 Å². The molecular formula is C12H12BrFN4. The largest absolute Gasteiger partial charge is 0.372 e. The summed E-state index contributed by atoms with van der Waals surface area (Å²) in [7, 11) is 1.77. The molecule has 0 amide bonds. The van der Waals surface area contributed by atoms with Crippen molar-refractivity contribution in [2.45, 2.75) is 6.92 Å². The van der Waals surface area contributed by atoms with Crippen LogP contribution in [0.4, 0.5) is 21.7 Å². The predicted octanol–water partition coefficient (Wildman–Crippen LogP) is 3.47. The summed E-state index contributed by atoms with van der Waals surface area (Å²) in [6, 6.07) is 4.95. The molecule has 0 bridgehead atoms. The molecule has 18 heavy (non-hydrogen) atoms. The fourth-order valence-corrected chi connectivity index (χ4v) is 1.94. The molecule has 1 heterocycles. The van der Waals surface area contributed by atoms with Gasteiger partial charge in [-0.25, -0.2) is 14.4 Å². The number of aromatic nitrogens is 2. The average Bonchev–Trinajstić information content (AvgIpc) is 2.36. The van der Waals surface area contributed by atoms with Crippen LogP contribution in [0.1, 0.15) is 5.56 Å². The Balaban J connectivity index is 2.31. The normalized spacial score (nSPS) is 10.2. The van der Waals surface area contributed by atoms with Gasteiger partial charge in [0.05, 0.1) is 0 Å². The van der Waals surface area contributed by atoms with Gasteiger partial charge in [0.15, 0.2) is 0 Å². The van der Waals surface area contributed by atoms with E-state index in [1.807, 2.05) is 0 Å². The molecule has 0 saturated heterocycles. The van der Waals surface area contributed by atoms with E-state index in [4.69, 9.17) is 0 Å². The maximum Gasteiger partial charge on any atom is 0.150 e. The van der Waals surface area contributed by atoms with Gasteiger partial charge >= 0.3 is 0 Å². The van der Waals surface area contributed by atoms with Crippen LogP contribution >= 0.6 is 15.9 Å². The molecule has 0 spiro atoms. The summed E-state index contributed by atoms with van der Waals surface area (Å²) >= 11 is 3.39. The third-order valence-electron chi connectivity index (χ3n) is 2.46. The van der Waals surface area contributed by atoms with Gasteiger partial charge in [-0.15, -0.1) is 0 Å². The Bertz CT molecular complexity index is 574. The number of halogens is 2. The molecule has 0 radical (unpaired) electrons. The van der Waals surface area contributed by atoms with Crippen molar-refractivity contribution in [3.8, 4) is 0 Å². The Morgan fingerprint density at radius 1 is 1.22 bits per heavy atom. The lowest BCUT2D eigenvalue weighted by molar-refractivity contribution is 0.619. The highest BCUT2D eigenvalue weighted by atomic mass is 79.9. The van der Waals surface area contributed by atoms with Crippen LogP contribution in [0.15, 0.2) is 29.0 Å². The highest BCUT2D eigenvalue weighted by molar-refractivity contribution is 9.10. The molecule has 94 valence electrons. The second-order valence-corrected chi connectivity index (χ2v) is 4.52. The van der Waals surface area contributed by atoms with E-state index in [2.05, 4.69) is 36.5 Å². The van der Waals surface area contributed by atoms with Crippen molar-refractivity contribution < 1.29 is 4.39 Å². The lowest BCUT2D eigenvalue weighted by atomic mass is 10.2. The summed E-state index contributed by atoms with van der Waals surface area (Å²) in [5.41, 5.74) is 1.25. The van der Waals surface area contributed by atoms with Crippen LogP contribution in [-0.2, 0) is 0 Å². The summed E-state index contributed by atoms with van der Waals surface area (Å²) < 4.78 is 14.1. The SMILES string of the molecule is CNc1ncnc(Nc2ccc(C)c(F)c2)c1Br. The van der Waals surface area contributed by atoms with Crippen molar-refractivity contribution in [3.05, 3.63) is 40.4 Å². The number of hydrogen-bond acceptors (Lipinski definition) is 4. The quantitative estimate of drug-likeness (QED) is 0.911. The van der Waals surface area contributed by atoms with E-state index in [0.29, 0.717) is 27.4 Å². The van der Waals surface area contributed by atoms with Gasteiger partial charge in [0.2, 0.25) is 0 Å². The maximum absolute atomic E-state index is 13.4. The van der Waals surface area contributed by atoms with Gasteiger partial charge < -0.3 is 10.6 Å². The Morgan fingerprint density at radius 2 is 1.94 bits per heavy atom. The van der Waals surface area contributed by atoms with Crippen molar-refractivity contribution in [1.82, 2.24) is 9.97 Å². The van der Waals surface area contributed by atoms with Crippen LogP contribution in [-0.4, -0.2) is 17.0 Å². The summed E-state index contributed by atoms with van der Waals surface area (Å²) in [5, 5.41) is 5.97. The van der Waals surface area contributed by atoms with Gasteiger partial charge in [0.25, 0.3) is 0 Å². The number of aryl methyl sites for hydroxylation is 1. The topological polar surface area (TPSA) is 49.8 Å². The first-order valence-electron chi connectivity index (χ1n) is 5.33. The van der Waals surface area contributed by atoms with Crippen LogP contribution < -0.4 is 10.6 Å². The monoisotopic (exact) mass is 310 g/mol. The highest BCUT2D eigenvalue weighted by Crippen LogP contribution is 2.28. The zero-order valence-electron chi connectivity index (χ0n) is 9.96. The summed E-state index contributed by atoms with van der Waals surface area (Å²) in [4.78, 5) is 8.15. The van der Waals surface area contributed by atoms with Crippen molar-refractivity contribution in [3.63, 3.8) is 0 Å². The zero-order chi connectivity index (χ0) is 13.1. The molecule has 0 fully saturated rings. The molecule has 6 heteroatoms. The first-order chi connectivity index (χ1) is 8.61. The van der Waals surface area contributed by atoms with E-state index >= 15 is 0 Å². The van der Waals surface area contributed by atoms with Crippen molar-refractivity contribution in [1.29, 1.82) is 0 Å². The molecular weight excluding hydrogens is 299 g/mol. The van der Waals surface area contributed by atoms with Crippen LogP contribution in [0.3, 0.4) is 0 Å². The minimum absolute atomic E-state index is 0.251. The number of nitrogens with zero attached hydrogens (tertiary/aromatic N) is 2. The Morgan fingerprint density at radius 3 is 2.61 bits per heavy atom. The summed E-state index contributed by atoms with van der Waals surface area (Å²) in [5.74, 6) is 0.997. The molecule has 0 saturated carbocycles. The third-order valence-corrected chi connectivity index (χ3v) is 3.21. The molecule has 2 N–H and O–H groups in total. The van der Waals surface area contributed by atoms with E-state index in [0.717, 1.165) is 0 Å². The Hall–Kier alpha value is -1.69. The van der Waals surface area contributed by atoms with Gasteiger partial charge in [-0.05, 0) is 40.5 Å². The van der Waals surface area contributed by atoms with Gasteiger partial charge in [-0.1, -0.05) is 6.07 Å². The van der Waals surface area contributed by atoms with E-state index in [1.165, 1.54) is 12.4 Å². The standard InChI is InChI=1S/C12H12BrFN4/c1-7-3-4-8(5-9(7)14)18-12-10(13)11(15-2)16-6-17-12/h3-6H,1-2H3,(H2,15,16,17,18). The van der Waals surface area contributed by atoms with Gasteiger partial charge in [0.1, 0.15) is 28.3 Å². The fourth-order valence-electron chi connectivity index (χ4n) is 1.44. The Kier molecular flexibility index (Phi) is 3.76. The van der Waals surface area contributed by atoms with E-state index in [-0.39, 0.29) is 5.82 Å². The molecule has 2 rings (SSSR count). The molecule has 0 aliphatic carbocycles. The first-order valence-corrected chi connectivity index (χ1v) is 6.12. The highest BCUT2D eigenvalue weighted by Gasteiger charge is 2.08. The third kappa shape index (κ3) is 2.59. The lowest BCUT2D eigenvalue weighted by Gasteiger charge is -2.10. The van der Waals surface area contributed by atoms with Crippen LogP contribution in [0, 0.1) is 12.7 Å².